The number of sulfone groups is 1. The van der Waals surface area contributed by atoms with Gasteiger partial charge in [0.15, 0.2) is 9.84 Å². The molecule has 2 atom stereocenters. The molecule has 1 aromatic rings. The van der Waals surface area contributed by atoms with Gasteiger partial charge in [0.25, 0.3) is 0 Å². The lowest BCUT2D eigenvalue weighted by Crippen LogP contribution is -2.39. The molecule has 2 nitrogen and oxygen atoms in total. The Labute approximate surface area is 141 Å². The summed E-state index contributed by atoms with van der Waals surface area (Å²) >= 11 is 3.74. The van der Waals surface area contributed by atoms with Crippen molar-refractivity contribution < 1.29 is 8.42 Å². The Kier molecular flexibility index (Phi) is 3.33. The molecule has 5 rings (SSSR count). The molecule has 2 unspecified atom stereocenters. The molecule has 120 valence electrons. The Bertz CT molecular complexity index is 678. The molecule has 0 aromatic heterocycles. The van der Waals surface area contributed by atoms with Gasteiger partial charge in [0.05, 0.1) is 10.6 Å². The zero-order valence-electron chi connectivity index (χ0n) is 13.0. The van der Waals surface area contributed by atoms with E-state index in [-0.39, 0.29) is 10.8 Å². The van der Waals surface area contributed by atoms with Crippen molar-refractivity contribution in [2.24, 2.45) is 22.7 Å². The maximum Gasteiger partial charge on any atom is 0.178 e. The third-order valence-electron chi connectivity index (χ3n) is 6.61. The fourth-order valence-corrected chi connectivity index (χ4v) is 8.95. The quantitative estimate of drug-likeness (QED) is 0.724. The number of halogens is 1. The number of benzene rings is 1. The molecular formula is C18H23BrO2S. The number of hydrogen-bond acceptors (Lipinski definition) is 2. The third-order valence-corrected chi connectivity index (χ3v) is 9.61. The van der Waals surface area contributed by atoms with Crippen molar-refractivity contribution in [3.05, 3.63) is 29.8 Å². The molecule has 22 heavy (non-hydrogen) atoms. The van der Waals surface area contributed by atoms with Gasteiger partial charge in [-0.25, -0.2) is 8.42 Å². The van der Waals surface area contributed by atoms with Gasteiger partial charge in [-0.1, -0.05) is 33.6 Å². The summed E-state index contributed by atoms with van der Waals surface area (Å²) in [6.45, 7) is 1.99. The predicted octanol–water partition coefficient (Wildman–Crippen LogP) is 4.36. The molecular weight excluding hydrogens is 360 g/mol. The summed E-state index contributed by atoms with van der Waals surface area (Å²) in [5.41, 5.74) is 1.36. The first-order valence-electron chi connectivity index (χ1n) is 8.24. The summed E-state index contributed by atoms with van der Waals surface area (Å²) in [6, 6.07) is 7.37. The third kappa shape index (κ3) is 2.06. The van der Waals surface area contributed by atoms with Gasteiger partial charge in [-0.2, -0.15) is 0 Å². The maximum absolute atomic E-state index is 13.0. The number of rotatable bonds is 4. The van der Waals surface area contributed by atoms with E-state index in [1.54, 1.807) is 12.1 Å². The van der Waals surface area contributed by atoms with Gasteiger partial charge in [0, 0.05) is 5.33 Å². The van der Waals surface area contributed by atoms with Gasteiger partial charge < -0.3 is 0 Å². The van der Waals surface area contributed by atoms with Gasteiger partial charge in [-0.3, -0.25) is 0 Å². The molecule has 4 heteroatoms. The Morgan fingerprint density at radius 3 is 2.14 bits per heavy atom. The molecule has 0 amide bonds. The minimum Gasteiger partial charge on any atom is -0.224 e. The monoisotopic (exact) mass is 382 g/mol. The normalized spacial score (nSPS) is 39.5. The average molecular weight is 383 g/mol. The summed E-state index contributed by atoms with van der Waals surface area (Å²) in [5.74, 6) is 1.87. The van der Waals surface area contributed by atoms with Crippen LogP contribution in [-0.4, -0.2) is 19.5 Å². The largest absolute Gasteiger partial charge is 0.224 e. The average Bonchev–Trinajstić information content (AvgIpc) is 2.78. The van der Waals surface area contributed by atoms with E-state index in [4.69, 9.17) is 0 Å². The Morgan fingerprint density at radius 1 is 1.05 bits per heavy atom. The molecule has 4 bridgehead atoms. The van der Waals surface area contributed by atoms with Gasteiger partial charge >= 0.3 is 0 Å². The molecule has 1 aromatic carbocycles. The molecule has 4 aliphatic carbocycles. The number of hydrogen-bond donors (Lipinski definition) is 0. The maximum atomic E-state index is 13.0. The van der Waals surface area contributed by atoms with E-state index in [2.05, 4.69) is 15.9 Å². The lowest BCUT2D eigenvalue weighted by molar-refractivity contribution is 0.167. The van der Waals surface area contributed by atoms with E-state index in [1.807, 2.05) is 19.1 Å². The van der Waals surface area contributed by atoms with Crippen LogP contribution in [0.15, 0.2) is 29.2 Å². The predicted molar refractivity (Wildman–Crippen MR) is 92.0 cm³/mol. The fraction of sp³-hybridized carbons (Fsp3) is 0.667. The summed E-state index contributed by atoms with van der Waals surface area (Å²) in [4.78, 5) is 0.503. The molecule has 0 N–H and O–H groups in total. The van der Waals surface area contributed by atoms with E-state index in [1.165, 1.54) is 19.3 Å². The van der Waals surface area contributed by atoms with E-state index in [9.17, 15) is 8.42 Å². The summed E-state index contributed by atoms with van der Waals surface area (Å²) in [7, 11) is -3.20. The highest BCUT2D eigenvalue weighted by Gasteiger charge is 2.66. The first-order valence-corrected chi connectivity index (χ1v) is 11.0. The van der Waals surface area contributed by atoms with Crippen LogP contribution in [0.5, 0.6) is 0 Å². The summed E-state index contributed by atoms with van der Waals surface area (Å²) in [6.07, 6.45) is 6.05. The van der Waals surface area contributed by atoms with Crippen LogP contribution in [0.2, 0.25) is 0 Å². The summed E-state index contributed by atoms with van der Waals surface area (Å²) in [5, 5.41) is 0.969. The van der Waals surface area contributed by atoms with Crippen molar-refractivity contribution in [3.63, 3.8) is 0 Å². The smallest absolute Gasteiger partial charge is 0.178 e. The molecule has 4 aliphatic rings. The van der Waals surface area contributed by atoms with Crippen LogP contribution in [0.3, 0.4) is 0 Å². The van der Waals surface area contributed by atoms with Gasteiger partial charge in [-0.15, -0.1) is 0 Å². The van der Waals surface area contributed by atoms with Crippen LogP contribution in [0.25, 0.3) is 0 Å². The highest BCUT2D eigenvalue weighted by molar-refractivity contribution is 9.09. The Balaban J connectivity index is 1.69. The second kappa shape index (κ2) is 4.83. The van der Waals surface area contributed by atoms with Crippen molar-refractivity contribution in [3.8, 4) is 0 Å². The molecule has 0 saturated heterocycles. The Morgan fingerprint density at radius 2 is 1.59 bits per heavy atom. The lowest BCUT2D eigenvalue weighted by atomic mass is 9.71. The number of aryl methyl sites for hydroxylation is 1. The van der Waals surface area contributed by atoms with Crippen LogP contribution >= 0.6 is 15.9 Å². The van der Waals surface area contributed by atoms with E-state index in [0.717, 1.165) is 35.6 Å². The zero-order chi connectivity index (χ0) is 15.6. The standard InChI is InChI=1S/C18H23BrO2S/c1-13-2-4-16(5-3-13)22(20,21)12-18-9-14-6-15(10-18)8-17(18,7-14)11-19/h2-5,14-15H,6-12H2,1H3. The molecule has 0 spiro atoms. The lowest BCUT2D eigenvalue weighted by Gasteiger charge is -2.39. The first kappa shape index (κ1) is 15.2. The molecule has 4 saturated carbocycles. The van der Waals surface area contributed by atoms with Crippen molar-refractivity contribution in [2.45, 2.75) is 43.9 Å². The van der Waals surface area contributed by atoms with Crippen LogP contribution in [0.1, 0.15) is 37.7 Å². The molecule has 0 radical (unpaired) electrons. The molecule has 0 heterocycles. The second-order valence-corrected chi connectivity index (χ2v) is 10.6. The van der Waals surface area contributed by atoms with E-state index in [0.29, 0.717) is 10.6 Å². The Hall–Kier alpha value is -0.350. The second-order valence-electron chi connectivity index (χ2n) is 8.05. The van der Waals surface area contributed by atoms with Crippen molar-refractivity contribution in [1.82, 2.24) is 0 Å². The van der Waals surface area contributed by atoms with Crippen molar-refractivity contribution in [2.75, 3.05) is 11.1 Å². The van der Waals surface area contributed by atoms with Gasteiger partial charge in [0.2, 0.25) is 0 Å². The first-order chi connectivity index (χ1) is 10.4. The van der Waals surface area contributed by atoms with Gasteiger partial charge in [0.1, 0.15) is 0 Å². The van der Waals surface area contributed by atoms with Crippen LogP contribution in [-0.2, 0) is 9.84 Å². The van der Waals surface area contributed by atoms with Crippen LogP contribution in [0.4, 0.5) is 0 Å². The minimum absolute atomic E-state index is 0.0216. The topological polar surface area (TPSA) is 34.1 Å². The van der Waals surface area contributed by atoms with Gasteiger partial charge in [-0.05, 0) is 73.8 Å². The van der Waals surface area contributed by atoms with Crippen molar-refractivity contribution >= 4 is 25.8 Å². The SMILES string of the molecule is Cc1ccc(S(=O)(=O)CC23CC4CC(CC2(CBr)C4)C3)cc1. The zero-order valence-corrected chi connectivity index (χ0v) is 15.4. The number of alkyl halides is 1. The van der Waals surface area contributed by atoms with E-state index < -0.39 is 9.84 Å². The van der Waals surface area contributed by atoms with Crippen molar-refractivity contribution in [1.29, 1.82) is 0 Å². The molecule has 0 aliphatic heterocycles. The minimum atomic E-state index is -3.20. The summed E-state index contributed by atoms with van der Waals surface area (Å²) < 4.78 is 26.0. The van der Waals surface area contributed by atoms with E-state index >= 15 is 0 Å². The van der Waals surface area contributed by atoms with Crippen LogP contribution in [0, 0.1) is 29.6 Å². The fourth-order valence-electron chi connectivity index (χ4n) is 5.91. The molecule has 4 fully saturated rings. The highest BCUT2D eigenvalue weighted by Crippen LogP contribution is 2.73. The van der Waals surface area contributed by atoms with Crippen LogP contribution < -0.4 is 0 Å². The highest BCUT2D eigenvalue weighted by atomic mass is 79.9.